The van der Waals surface area contributed by atoms with Crippen molar-refractivity contribution in [3.63, 3.8) is 0 Å². The van der Waals surface area contributed by atoms with Crippen molar-refractivity contribution in [1.82, 2.24) is 24.9 Å². The molecule has 1 aromatic carbocycles. The molecule has 0 saturated carbocycles. The van der Waals surface area contributed by atoms with Gasteiger partial charge in [-0.2, -0.15) is 5.10 Å². The number of aryl methyl sites for hydroxylation is 2. The Labute approximate surface area is 175 Å². The van der Waals surface area contributed by atoms with Crippen LogP contribution in [0.5, 0.6) is 0 Å². The molecule has 0 spiro atoms. The van der Waals surface area contributed by atoms with Crippen molar-refractivity contribution in [2.45, 2.75) is 32.2 Å². The van der Waals surface area contributed by atoms with Gasteiger partial charge in [0, 0.05) is 4.88 Å². The average Bonchev–Trinajstić information content (AvgIpc) is 3.15. The lowest BCUT2D eigenvalue weighted by Crippen LogP contribution is -2.30. The van der Waals surface area contributed by atoms with E-state index in [1.54, 1.807) is 17.5 Å². The number of carbonyl (C=O) groups excluding carboxylic acids is 1. The maximum atomic E-state index is 12.9. The van der Waals surface area contributed by atoms with Crippen molar-refractivity contribution < 1.29 is 4.79 Å². The van der Waals surface area contributed by atoms with Crippen molar-refractivity contribution in [3.8, 4) is 0 Å². The summed E-state index contributed by atoms with van der Waals surface area (Å²) in [7, 11) is 0. The Morgan fingerprint density at radius 1 is 1.20 bits per heavy atom. The third-order valence-corrected chi connectivity index (χ3v) is 6.31. The van der Waals surface area contributed by atoms with E-state index in [1.165, 1.54) is 22.0 Å². The zero-order valence-electron chi connectivity index (χ0n) is 16.0. The highest BCUT2D eigenvalue weighted by molar-refractivity contribution is 7.18. The molecule has 1 N–H and O–H groups in total. The molecule has 0 bridgehead atoms. The molecule has 0 atom stereocenters. The minimum atomic E-state index is -0.410. The van der Waals surface area contributed by atoms with Crippen molar-refractivity contribution in [2.24, 2.45) is 5.10 Å². The van der Waals surface area contributed by atoms with E-state index in [0.29, 0.717) is 11.1 Å². The molecule has 4 aromatic rings. The summed E-state index contributed by atoms with van der Waals surface area (Å²) in [6.45, 7) is -0.146. The Balaban J connectivity index is 1.31. The minimum absolute atomic E-state index is 0.146. The van der Waals surface area contributed by atoms with Gasteiger partial charge in [-0.15, -0.1) is 11.3 Å². The molecule has 0 aliphatic heterocycles. The second-order valence-electron chi connectivity index (χ2n) is 7.15. The topological polar surface area (TPSA) is 102 Å². The highest BCUT2D eigenvalue weighted by atomic mass is 32.1. The number of benzene rings is 1. The first-order valence-corrected chi connectivity index (χ1v) is 10.5. The van der Waals surface area contributed by atoms with E-state index in [2.05, 4.69) is 25.5 Å². The number of amides is 1. The van der Waals surface area contributed by atoms with Gasteiger partial charge in [-0.1, -0.05) is 12.1 Å². The summed E-state index contributed by atoms with van der Waals surface area (Å²) >= 11 is 1.59. The molecule has 150 valence electrons. The van der Waals surface area contributed by atoms with Gasteiger partial charge in [-0.25, -0.2) is 15.4 Å². The predicted molar refractivity (Wildman–Crippen MR) is 116 cm³/mol. The average molecular weight is 418 g/mol. The van der Waals surface area contributed by atoms with Crippen LogP contribution in [0.25, 0.3) is 21.3 Å². The number of carbonyl (C=O) groups is 1. The Bertz CT molecular complexity index is 1360. The monoisotopic (exact) mass is 418 g/mol. The third-order valence-electron chi connectivity index (χ3n) is 5.11. The van der Waals surface area contributed by atoms with Crippen molar-refractivity contribution in [1.29, 1.82) is 0 Å². The second-order valence-corrected chi connectivity index (χ2v) is 8.23. The maximum Gasteiger partial charge on any atom is 0.262 e. The van der Waals surface area contributed by atoms with Gasteiger partial charge in [0.15, 0.2) is 0 Å². The van der Waals surface area contributed by atoms with Crippen molar-refractivity contribution in [2.75, 3.05) is 0 Å². The fraction of sp³-hybridized carbons (Fsp3) is 0.238. The molecule has 30 heavy (non-hydrogen) atoms. The number of hydrogen-bond donors (Lipinski definition) is 1. The number of thiophene rings is 1. The van der Waals surface area contributed by atoms with Gasteiger partial charge in [-0.3, -0.25) is 19.1 Å². The van der Waals surface area contributed by atoms with E-state index >= 15 is 0 Å². The molecule has 1 amide bonds. The van der Waals surface area contributed by atoms with Gasteiger partial charge in [0.05, 0.1) is 35.2 Å². The van der Waals surface area contributed by atoms with Crippen molar-refractivity contribution >= 4 is 44.7 Å². The standard InChI is InChI=1S/C21H18N6O2S/c28-18(26-24-10-13-9-22-15-6-2-3-7-16(15)25-13)11-27-12-23-20-19(21(27)29)14-5-1-4-8-17(14)30-20/h2-3,6-7,9-10,12H,1,4-5,8,11H2,(H,26,28)/b24-10-. The number of fused-ring (bicyclic) bond motifs is 4. The second kappa shape index (κ2) is 7.75. The third kappa shape index (κ3) is 3.48. The van der Waals surface area contributed by atoms with Crippen LogP contribution in [0.3, 0.4) is 0 Å². The van der Waals surface area contributed by atoms with Crippen LogP contribution in [0.15, 0.2) is 46.7 Å². The molecule has 0 fully saturated rings. The summed E-state index contributed by atoms with van der Waals surface area (Å²) in [5.74, 6) is -0.410. The van der Waals surface area contributed by atoms with E-state index in [0.717, 1.165) is 47.1 Å². The highest BCUT2D eigenvalue weighted by Crippen LogP contribution is 2.33. The number of nitrogens with zero attached hydrogens (tertiary/aromatic N) is 5. The molecule has 3 heterocycles. The van der Waals surface area contributed by atoms with Crippen LogP contribution >= 0.6 is 11.3 Å². The SMILES string of the molecule is O=C(Cn1cnc2sc3c(c2c1=O)CCCC3)N/N=C\c1cnc2ccccc2n1. The Morgan fingerprint density at radius 2 is 2.03 bits per heavy atom. The van der Waals surface area contributed by atoms with E-state index in [9.17, 15) is 9.59 Å². The van der Waals surface area contributed by atoms with Crippen LogP contribution in [-0.2, 0) is 24.2 Å². The first-order valence-electron chi connectivity index (χ1n) is 9.72. The molecule has 1 aliphatic carbocycles. The normalized spacial score (nSPS) is 13.7. The molecule has 8 nitrogen and oxygen atoms in total. The minimum Gasteiger partial charge on any atom is -0.289 e. The van der Waals surface area contributed by atoms with Gasteiger partial charge in [0.1, 0.15) is 17.1 Å². The lowest BCUT2D eigenvalue weighted by atomic mass is 9.97. The zero-order valence-corrected chi connectivity index (χ0v) is 16.9. The first-order chi connectivity index (χ1) is 14.7. The number of aromatic nitrogens is 4. The van der Waals surface area contributed by atoms with Crippen molar-refractivity contribution in [3.05, 3.63) is 63.3 Å². The number of para-hydroxylation sites is 2. The molecule has 1 aliphatic rings. The van der Waals surface area contributed by atoms with Gasteiger partial charge in [0.2, 0.25) is 0 Å². The Hall–Kier alpha value is -3.46. The van der Waals surface area contributed by atoms with E-state index < -0.39 is 5.91 Å². The number of rotatable bonds is 4. The molecule has 3 aromatic heterocycles. The number of nitrogens with one attached hydrogen (secondary N) is 1. The summed E-state index contributed by atoms with van der Waals surface area (Å²) in [6, 6.07) is 7.51. The Morgan fingerprint density at radius 3 is 2.93 bits per heavy atom. The van der Waals surface area contributed by atoms with E-state index in [1.807, 2.05) is 24.3 Å². The largest absolute Gasteiger partial charge is 0.289 e. The first kappa shape index (κ1) is 18.6. The van der Waals surface area contributed by atoms with E-state index in [-0.39, 0.29) is 12.1 Å². The molecule has 5 rings (SSSR count). The van der Waals surface area contributed by atoms with Gasteiger partial charge in [0.25, 0.3) is 11.5 Å². The van der Waals surface area contributed by atoms with Gasteiger partial charge in [-0.05, 0) is 43.4 Å². The molecular weight excluding hydrogens is 400 g/mol. The maximum absolute atomic E-state index is 12.9. The fourth-order valence-corrected chi connectivity index (χ4v) is 4.91. The zero-order chi connectivity index (χ0) is 20.5. The van der Waals surface area contributed by atoms with Gasteiger partial charge >= 0.3 is 0 Å². The summed E-state index contributed by atoms with van der Waals surface area (Å²) in [6.07, 6.45) is 8.58. The molecule has 0 radical (unpaired) electrons. The predicted octanol–water partition coefficient (Wildman–Crippen LogP) is 2.43. The van der Waals surface area contributed by atoms with Crippen LogP contribution in [0.2, 0.25) is 0 Å². The summed E-state index contributed by atoms with van der Waals surface area (Å²) in [5, 5.41) is 4.60. The van der Waals surface area contributed by atoms with Crippen LogP contribution in [0, 0.1) is 0 Å². The molecule has 0 saturated heterocycles. The number of hydrogen-bond acceptors (Lipinski definition) is 7. The Kier molecular flexibility index (Phi) is 4.80. The molecular formula is C21H18N6O2S. The van der Waals surface area contributed by atoms with Crippen LogP contribution in [0.4, 0.5) is 0 Å². The molecule has 0 unspecified atom stereocenters. The highest BCUT2D eigenvalue weighted by Gasteiger charge is 2.20. The van der Waals surface area contributed by atoms with Crippen LogP contribution < -0.4 is 11.0 Å². The summed E-state index contributed by atoms with van der Waals surface area (Å²) in [5.41, 5.74) is 5.45. The smallest absolute Gasteiger partial charge is 0.262 e. The van der Waals surface area contributed by atoms with Crippen LogP contribution in [-0.4, -0.2) is 31.6 Å². The summed E-state index contributed by atoms with van der Waals surface area (Å²) < 4.78 is 1.34. The fourth-order valence-electron chi connectivity index (χ4n) is 3.69. The number of hydrazone groups is 1. The lowest BCUT2D eigenvalue weighted by molar-refractivity contribution is -0.121. The molecule has 9 heteroatoms. The van der Waals surface area contributed by atoms with E-state index in [4.69, 9.17) is 0 Å². The van der Waals surface area contributed by atoms with Crippen LogP contribution in [0.1, 0.15) is 29.0 Å². The lowest BCUT2D eigenvalue weighted by Gasteiger charge is -2.10. The quantitative estimate of drug-likeness (QED) is 0.405. The summed E-state index contributed by atoms with van der Waals surface area (Å²) in [4.78, 5) is 40.3. The van der Waals surface area contributed by atoms with Gasteiger partial charge < -0.3 is 0 Å².